The van der Waals surface area contributed by atoms with E-state index < -0.39 is 0 Å². The zero-order chi connectivity index (χ0) is 10.0. The Bertz CT molecular complexity index is 298. The summed E-state index contributed by atoms with van der Waals surface area (Å²) in [5.41, 5.74) is 1.64. The van der Waals surface area contributed by atoms with Crippen molar-refractivity contribution < 1.29 is 5.11 Å². The van der Waals surface area contributed by atoms with Gasteiger partial charge >= 0.3 is 0 Å². The van der Waals surface area contributed by atoms with Crippen molar-refractivity contribution in [2.24, 2.45) is 0 Å². The zero-order valence-electron chi connectivity index (χ0n) is 6.31. The van der Waals surface area contributed by atoms with Crippen molar-refractivity contribution in [1.82, 2.24) is 0 Å². The lowest BCUT2D eigenvalue weighted by molar-refractivity contribution is 0.351. The maximum absolute atomic E-state index is 11.5. The molecule has 0 fully saturated rings. The largest absolute Gasteiger partial charge is 0.290 e. The van der Waals surface area contributed by atoms with E-state index in [0.29, 0.717) is 5.56 Å². The van der Waals surface area contributed by atoms with E-state index in [4.69, 9.17) is 0 Å². The molecule has 0 atom stereocenters. The van der Waals surface area contributed by atoms with E-state index in [-0.39, 0.29) is 13.2 Å². The van der Waals surface area contributed by atoms with Crippen LogP contribution in [0.3, 0.4) is 0 Å². The molecule has 1 nitrogen and oxygen atoms in total. The van der Waals surface area contributed by atoms with Crippen LogP contribution in [0.25, 0.3) is 0 Å². The van der Waals surface area contributed by atoms with Crippen molar-refractivity contribution in [3.05, 3.63) is 29.3 Å². The third kappa shape index (κ3) is 3.22. The number of hydrogen-bond acceptors (Lipinski definition) is 0. The van der Waals surface area contributed by atoms with E-state index in [1.165, 1.54) is 0 Å². The highest BCUT2D eigenvalue weighted by atomic mass is 79.9. The summed E-state index contributed by atoms with van der Waals surface area (Å²) in [5.74, 6) is 0.0279. The van der Waals surface area contributed by atoms with Crippen molar-refractivity contribution in [3.8, 4) is 5.75 Å². The van der Waals surface area contributed by atoms with E-state index >= 15 is 0 Å². The second-order valence-corrected chi connectivity index (χ2v) is 8.52. The van der Waals surface area contributed by atoms with Gasteiger partial charge in [-0.1, -0.05) is 75.9 Å². The molecule has 0 aliphatic rings. The summed E-state index contributed by atoms with van der Waals surface area (Å²) in [5, 5.41) is 11.5. The molecule has 1 aromatic rings. The van der Waals surface area contributed by atoms with E-state index in [2.05, 4.69) is 63.7 Å². The molecule has 0 unspecified atom stereocenters. The first kappa shape index (κ1) is 12.0. The van der Waals surface area contributed by atoms with Crippen LogP contribution in [-0.4, -0.2) is 0 Å². The lowest BCUT2D eigenvalue weighted by atomic mass is 10.1. The summed E-state index contributed by atoms with van der Waals surface area (Å²) in [6.45, 7) is 0. The molecule has 0 amide bonds. The minimum atomic E-state index is -0.0781. The Balaban J connectivity index is 3.06. The molecule has 0 aliphatic carbocycles. The van der Waals surface area contributed by atoms with Gasteiger partial charge in [0.05, 0.1) is 7.47 Å². The third-order valence-electron chi connectivity index (χ3n) is 1.52. The van der Waals surface area contributed by atoms with Crippen LogP contribution in [0, 0.1) is 0 Å². The Hall–Kier alpha value is 0.940. The molecule has 0 saturated carbocycles. The summed E-state index contributed by atoms with van der Waals surface area (Å²) >= 11 is 13.2. The summed E-state index contributed by atoms with van der Waals surface area (Å²) in [6.07, 6.45) is 0. The molecule has 0 aromatic heterocycles. The van der Waals surface area contributed by atoms with Gasteiger partial charge in [-0.15, -0.1) is 0 Å². The lowest BCUT2D eigenvalue weighted by Crippen LogP contribution is -1.85. The highest BCUT2D eigenvalue weighted by molar-refractivity contribution is 9.24. The normalized spacial score (nSPS) is 11.2. The molecule has 1 radical (unpaired) electrons. The van der Waals surface area contributed by atoms with Gasteiger partial charge in [0, 0.05) is 5.56 Å². The van der Waals surface area contributed by atoms with Crippen molar-refractivity contribution in [3.63, 3.8) is 0 Å². The molecule has 0 N–H and O–H groups in total. The molecule has 1 rings (SSSR count). The average molecular weight is 437 g/mol. The SMILES string of the molecule is [O]c1cc(C(Br)Br)ccc1C(Br)Br. The van der Waals surface area contributed by atoms with Crippen LogP contribution in [0.5, 0.6) is 5.75 Å². The van der Waals surface area contributed by atoms with Crippen LogP contribution in [0.4, 0.5) is 0 Å². The first-order chi connectivity index (χ1) is 6.02. The quantitative estimate of drug-likeness (QED) is 0.553. The Labute approximate surface area is 110 Å². The van der Waals surface area contributed by atoms with Crippen molar-refractivity contribution >= 4 is 63.7 Å². The predicted molar refractivity (Wildman–Crippen MR) is 67.8 cm³/mol. The van der Waals surface area contributed by atoms with Gasteiger partial charge in [0.15, 0.2) is 5.75 Å². The van der Waals surface area contributed by atoms with E-state index in [1.54, 1.807) is 12.1 Å². The molecule has 1 aromatic carbocycles. The van der Waals surface area contributed by atoms with Crippen LogP contribution < -0.4 is 0 Å². The molecule has 5 heteroatoms. The fourth-order valence-corrected chi connectivity index (χ4v) is 2.19. The summed E-state index contributed by atoms with van der Waals surface area (Å²) < 4.78 is -0.0449. The van der Waals surface area contributed by atoms with Crippen LogP contribution in [0.2, 0.25) is 0 Å². The fourth-order valence-electron chi connectivity index (χ4n) is 0.867. The van der Waals surface area contributed by atoms with Crippen molar-refractivity contribution in [2.45, 2.75) is 7.47 Å². The van der Waals surface area contributed by atoms with Gasteiger partial charge < -0.3 is 0 Å². The summed E-state index contributed by atoms with van der Waals surface area (Å²) in [4.78, 5) is 0. The Morgan fingerprint density at radius 1 is 1.00 bits per heavy atom. The number of alkyl halides is 4. The first-order valence-electron chi connectivity index (χ1n) is 3.39. The molecular weight excluding hydrogens is 432 g/mol. The van der Waals surface area contributed by atoms with E-state index in [9.17, 15) is 5.11 Å². The van der Waals surface area contributed by atoms with E-state index in [0.717, 1.165) is 5.56 Å². The molecular formula is C8H5Br4O. The molecule has 0 aliphatic heterocycles. The molecule has 71 valence electrons. The minimum Gasteiger partial charge on any atom is -0.290 e. The van der Waals surface area contributed by atoms with Crippen LogP contribution in [0.15, 0.2) is 18.2 Å². The first-order valence-corrected chi connectivity index (χ1v) is 7.06. The smallest absolute Gasteiger partial charge is 0.184 e. The van der Waals surface area contributed by atoms with Crippen molar-refractivity contribution in [2.75, 3.05) is 0 Å². The third-order valence-corrected chi connectivity index (χ3v) is 3.57. The standard InChI is InChI=1S/C8H5Br4O/c9-7(10)4-1-2-5(8(11)12)6(13)3-4/h1-3,7-8H. The topological polar surface area (TPSA) is 19.9 Å². The highest BCUT2D eigenvalue weighted by Crippen LogP contribution is 2.39. The number of halogens is 4. The maximum Gasteiger partial charge on any atom is 0.184 e. The lowest BCUT2D eigenvalue weighted by Gasteiger charge is -2.06. The van der Waals surface area contributed by atoms with Crippen LogP contribution in [-0.2, 0) is 5.11 Å². The molecule has 13 heavy (non-hydrogen) atoms. The monoisotopic (exact) mass is 433 g/mol. The molecule has 0 spiro atoms. The number of hydrogen-bond donors (Lipinski definition) is 0. The number of rotatable bonds is 2. The van der Waals surface area contributed by atoms with Gasteiger partial charge in [-0.05, 0) is 11.6 Å². The Morgan fingerprint density at radius 3 is 2.00 bits per heavy atom. The molecule has 0 bridgehead atoms. The van der Waals surface area contributed by atoms with Gasteiger partial charge in [-0.2, -0.15) is 0 Å². The average Bonchev–Trinajstić information content (AvgIpc) is 2.03. The van der Waals surface area contributed by atoms with Gasteiger partial charge in [0.1, 0.15) is 0 Å². The Kier molecular flexibility index (Phi) is 4.75. The fraction of sp³-hybridized carbons (Fsp3) is 0.250. The minimum absolute atomic E-state index is 0.0279. The molecule has 0 saturated heterocycles. The second kappa shape index (κ2) is 5.14. The predicted octanol–water partition coefficient (Wildman–Crippen LogP) is 5.41. The second-order valence-electron chi connectivity index (χ2n) is 2.40. The summed E-state index contributed by atoms with van der Waals surface area (Å²) in [6, 6.07) is 5.32. The van der Waals surface area contributed by atoms with Gasteiger partial charge in [0.2, 0.25) is 0 Å². The van der Waals surface area contributed by atoms with Gasteiger partial charge in [-0.25, -0.2) is 0 Å². The van der Waals surface area contributed by atoms with Crippen molar-refractivity contribution in [1.29, 1.82) is 0 Å². The van der Waals surface area contributed by atoms with Crippen LogP contribution in [0.1, 0.15) is 18.6 Å². The van der Waals surface area contributed by atoms with E-state index in [1.807, 2.05) is 6.07 Å². The maximum atomic E-state index is 11.5. The Morgan fingerprint density at radius 2 is 1.62 bits per heavy atom. The number of benzene rings is 1. The zero-order valence-corrected chi connectivity index (χ0v) is 12.7. The molecule has 0 heterocycles. The van der Waals surface area contributed by atoms with Crippen LogP contribution >= 0.6 is 63.7 Å². The highest BCUT2D eigenvalue weighted by Gasteiger charge is 2.12. The van der Waals surface area contributed by atoms with Gasteiger partial charge in [-0.3, -0.25) is 5.11 Å². The van der Waals surface area contributed by atoms with Gasteiger partial charge in [0.25, 0.3) is 0 Å². The summed E-state index contributed by atoms with van der Waals surface area (Å²) in [7, 11) is 0.